The first-order valence-electron chi connectivity index (χ1n) is 43.4. The van der Waals surface area contributed by atoms with Gasteiger partial charge in [-0.1, -0.05) is 215 Å². The van der Waals surface area contributed by atoms with Gasteiger partial charge in [-0.2, -0.15) is 0 Å². The van der Waals surface area contributed by atoms with E-state index in [-0.39, 0.29) is 130 Å². The van der Waals surface area contributed by atoms with Gasteiger partial charge < -0.3 is 68.8 Å². The number of aromatic nitrogens is 4. The van der Waals surface area contributed by atoms with Crippen LogP contribution in [0.3, 0.4) is 0 Å². The second-order valence-electron chi connectivity index (χ2n) is 31.8. The Balaban J connectivity index is 0.000000144. The Hall–Kier alpha value is -12.0. The monoisotopic (exact) mass is 2690 g/mol. The molecule has 8 aliphatic rings. The molecule has 18 nitrogen and oxygen atoms in total. The van der Waals surface area contributed by atoms with Crippen LogP contribution in [0.1, 0.15) is 55.4 Å². The maximum Gasteiger partial charge on any atom is 0.195 e. The summed E-state index contributed by atoms with van der Waals surface area (Å²) in [6, 6.07) is 112. The molecule has 0 amide bonds. The molecule has 0 fully saturated rings. The van der Waals surface area contributed by atoms with Crippen LogP contribution in [0.25, 0.3) is 45.0 Å². The van der Waals surface area contributed by atoms with Crippen LogP contribution < -0.4 is 72.1 Å². The van der Waals surface area contributed by atoms with Crippen molar-refractivity contribution >= 4 is 157 Å². The fourth-order valence-corrected chi connectivity index (χ4v) is 26.4. The van der Waals surface area contributed by atoms with Gasteiger partial charge in [-0.25, -0.2) is 0 Å². The second kappa shape index (κ2) is 48.2. The van der Waals surface area contributed by atoms with Gasteiger partial charge in [-0.3, -0.25) is 19.2 Å². The van der Waals surface area contributed by atoms with E-state index in [9.17, 15) is 23.7 Å². The number of anilines is 3. The summed E-state index contributed by atoms with van der Waals surface area (Å²) in [5.74, 6) is 5.32. The third-order valence-electron chi connectivity index (χ3n) is 21.4. The third kappa shape index (κ3) is 24.1. The van der Waals surface area contributed by atoms with Gasteiger partial charge in [0.2, 0.25) is 0 Å². The maximum atomic E-state index is 14.6. The van der Waals surface area contributed by atoms with Crippen LogP contribution in [0.15, 0.2) is 402 Å². The molecule has 0 bridgehead atoms. The summed E-state index contributed by atoms with van der Waals surface area (Å²) in [5, 5.41) is 38.9. The zero-order valence-electron chi connectivity index (χ0n) is 76.4. The van der Waals surface area contributed by atoms with E-state index >= 15 is 0 Å². The van der Waals surface area contributed by atoms with Crippen molar-refractivity contribution in [3.05, 3.63) is 388 Å². The fraction of sp³-hybridized carbons (Fsp3) is 0.0714. The van der Waals surface area contributed by atoms with Gasteiger partial charge in [0.1, 0.15) is 30.1 Å². The Morgan fingerprint density at radius 1 is 0.348 bits per heavy atom. The van der Waals surface area contributed by atoms with Crippen molar-refractivity contribution in [3.8, 4) is 91.0 Å². The number of benzene rings is 12. The predicted octanol–water partition coefficient (Wildman–Crippen LogP) is 24.0. The molecule has 141 heavy (non-hydrogen) atoms. The Kier molecular flexibility index (Phi) is 36.3. The normalized spacial score (nSPS) is 14.1. The summed E-state index contributed by atoms with van der Waals surface area (Å²) in [6.07, 6.45) is 11.9. The van der Waals surface area contributed by atoms with E-state index in [1.165, 1.54) is 158 Å². The summed E-state index contributed by atoms with van der Waals surface area (Å²) < 4.78 is 39.4. The molecule has 4 aromatic heterocycles. The summed E-state index contributed by atoms with van der Waals surface area (Å²) in [6.45, 7) is 11.7. The van der Waals surface area contributed by atoms with Crippen LogP contribution in [-0.2, 0) is 108 Å². The number of ketones is 4. The molecule has 16 aromatic rings. The van der Waals surface area contributed by atoms with Crippen LogP contribution in [-0.4, -0.2) is 70.2 Å². The van der Waals surface area contributed by atoms with E-state index in [4.69, 9.17) is 39.4 Å². The number of fused-ring (bicyclic) bond motifs is 16. The van der Waals surface area contributed by atoms with Crippen LogP contribution in [0.4, 0.5) is 17.1 Å². The zero-order chi connectivity index (χ0) is 95.5. The van der Waals surface area contributed by atoms with Crippen LogP contribution in [0.5, 0.6) is 46.0 Å². The van der Waals surface area contributed by atoms with E-state index in [1.807, 2.05) is 199 Å². The number of hydrogen-bond donors (Lipinski definition) is 4. The molecule has 12 aromatic carbocycles. The molecule has 8 aliphatic heterocycles. The molecule has 0 saturated heterocycles. The molecule has 24 rings (SSSR count). The Morgan fingerprint density at radius 3 is 1.14 bits per heavy atom. The van der Waals surface area contributed by atoms with Crippen LogP contribution in [0, 0.1) is 24.3 Å². The number of aliphatic hydroxyl groups excluding tert-OH is 4. The molecule has 0 spiro atoms. The molecular weight excluding hydrogens is 2600 g/mol. The van der Waals surface area contributed by atoms with E-state index in [2.05, 4.69) is 189 Å². The first-order valence-corrected chi connectivity index (χ1v) is 49.7. The number of carbonyl (C=O) groups excluding carboxylic acids is 4. The Bertz CT molecular complexity index is 6720. The van der Waals surface area contributed by atoms with Gasteiger partial charge in [-0.15, -0.1) is 99.0 Å². The molecule has 716 valence electrons. The molecule has 0 aliphatic carbocycles. The third-order valence-corrected chi connectivity index (χ3v) is 31.6. The average Bonchev–Trinajstić information content (AvgIpc) is 0.687. The van der Waals surface area contributed by atoms with Gasteiger partial charge in [0, 0.05) is 169 Å². The zero-order valence-corrected chi connectivity index (χ0v) is 90.5. The van der Waals surface area contributed by atoms with Crippen LogP contribution in [0.2, 0.25) is 0 Å². The topological polar surface area (TPSA) is 258 Å². The average molecular weight is 2690 g/mol. The van der Waals surface area contributed by atoms with E-state index in [0.29, 0.717) is 45.6 Å². The predicted molar refractivity (Wildman–Crippen MR) is 549 cm³/mol. The Morgan fingerprint density at radius 2 is 0.688 bits per heavy atom. The van der Waals surface area contributed by atoms with E-state index in [0.717, 1.165) is 78.2 Å². The number of pyridine rings is 4. The molecule has 0 radical (unpaired) electrons. The molecule has 12 heterocycles. The number of allylic oxidation sites excluding steroid dienone is 8. The Labute approximate surface area is 893 Å². The van der Waals surface area contributed by atoms with Gasteiger partial charge in [0.25, 0.3) is 0 Å². The van der Waals surface area contributed by atoms with Crippen molar-refractivity contribution in [1.82, 2.24) is 19.9 Å². The van der Waals surface area contributed by atoms with Crippen molar-refractivity contribution in [2.75, 3.05) is 4.90 Å². The number of ether oxygens (including phenoxy) is 4. The van der Waals surface area contributed by atoms with Crippen molar-refractivity contribution in [3.63, 3.8) is 0 Å². The maximum absolute atomic E-state index is 14.6. The van der Waals surface area contributed by atoms with Gasteiger partial charge >= 0.3 is 0 Å². The summed E-state index contributed by atoms with van der Waals surface area (Å²) in [5.41, 5.74) is 15.2. The first kappa shape index (κ1) is 106. The van der Waals surface area contributed by atoms with Crippen LogP contribution >= 0.6 is 62.1 Å². The second-order valence-corrected chi connectivity index (χ2v) is 40.8. The minimum atomic E-state index is -3.13. The molecule has 2 unspecified atom stereocenters. The van der Waals surface area contributed by atoms with Crippen molar-refractivity contribution in [1.29, 1.82) is 0 Å². The number of carbonyl (C=O) groups is 4. The standard InChI is InChI=1S/C23H13BNS2.C23H13N2S2.C23H13NO3P.C23H13NO2P.4C5H8O2.4Pt/c1-3-10-19-16(7-1)24-17-8-2-4-11-20(17)27-22-14-15(13-21(26-19)23(22)24)18-9-5-6-12-25-18;1-3-10-19-17(8-1)25-18-9-2-4-11-20(18)27-22-14-15(13-21(26-19)23(22)25)16-7-5-6-12-24-16;25-28-21-10-3-1-8-17(21)26-19-13-15(16-7-5-6-12-24-16)14-20(23(19)28)27-18-9-2-4-11-22(18)28;1-3-10-21-17(8-1)25-19-13-15(16-7-5-6-12-24-16)14-20-23(19)27(21)22-11-4-2-9-18(22)26-20;4*1-4(6)3-5(2)7;;;;/h2*1-13H;1-13H;1-13H;4*3,6H,1-2H3;;;;/q4*-1;;;;;;;;. The van der Waals surface area contributed by atoms with Crippen molar-refractivity contribution in [2.24, 2.45) is 0 Å². The quantitative estimate of drug-likeness (QED) is 0.0362. The summed E-state index contributed by atoms with van der Waals surface area (Å²) in [7, 11) is -3.86. The molecule has 4 N–H and O–H groups in total. The number of nitrogens with zero attached hydrogens (tertiary/aromatic N) is 5. The largest absolute Gasteiger partial charge is 0.512 e. The van der Waals surface area contributed by atoms with E-state index in [1.54, 1.807) is 24.2 Å². The van der Waals surface area contributed by atoms with Crippen molar-refractivity contribution in [2.45, 2.75) is 94.6 Å². The van der Waals surface area contributed by atoms with Crippen molar-refractivity contribution < 1.29 is 147 Å². The molecule has 0 saturated carbocycles. The number of para-hydroxylation sites is 6. The summed E-state index contributed by atoms with van der Waals surface area (Å²) >= 11 is 7.33. The van der Waals surface area contributed by atoms with Gasteiger partial charge in [0.05, 0.1) is 68.0 Å². The van der Waals surface area contributed by atoms with E-state index < -0.39 is 15.1 Å². The molecule has 29 heteroatoms. The van der Waals surface area contributed by atoms with Gasteiger partial charge in [0.15, 0.2) is 29.8 Å². The minimum Gasteiger partial charge on any atom is -0.512 e. The minimum absolute atomic E-state index is 0. The molecule has 2 atom stereocenters. The smallest absolute Gasteiger partial charge is 0.195 e. The number of hydrogen-bond acceptors (Lipinski definition) is 22. The molecular formula is C112H84BN5O13P2Pt4S4-4. The number of rotatable bonds is 8. The van der Waals surface area contributed by atoms with Gasteiger partial charge in [-0.05, 0) is 204 Å². The first-order chi connectivity index (χ1) is 66.4. The fourth-order valence-electron chi connectivity index (χ4n) is 16.2. The number of aliphatic hydroxyl groups is 4. The summed E-state index contributed by atoms with van der Waals surface area (Å²) in [4.78, 5) is 70.6. The SMILES string of the molecule is CC(=O)C=C(C)O.CC(=O)C=C(C)O.CC(=O)C=C(C)O.CC(=O)C=C(C)O.O=P12c3ccccc3Oc3[c-]c(-c4ccccn4)cc(c31)Oc1ccccc12.[Pt].[Pt].[Pt].[Pt].[c-]1c(-c2ccccn2)cc2c3c1Oc1ccccc1P3c1ccccc1O2.[c-]1c(-c2ccccn2)cc2c3c1Sc1ccccc1B3c1ccccc1S2.[c-]1c(-c2ccccn2)cc2c3c1Sc1ccccc1N3c1ccccc1S2.